The standard InChI is InChI=1S/C10H12BrN3O4S/c1-12-9(15)14(10(16)13-2)19(17,18)8-6-4-3-5-7(8)11/h3-6H,1-2H3,(H,12,15)(H,13,16). The number of hydrogen-bond acceptors (Lipinski definition) is 4. The highest BCUT2D eigenvalue weighted by Crippen LogP contribution is 2.24. The van der Waals surface area contributed by atoms with Crippen LogP contribution in [0.15, 0.2) is 33.6 Å². The van der Waals surface area contributed by atoms with Gasteiger partial charge in [-0.1, -0.05) is 12.1 Å². The molecule has 0 spiro atoms. The van der Waals surface area contributed by atoms with Crippen molar-refractivity contribution in [1.82, 2.24) is 14.9 Å². The van der Waals surface area contributed by atoms with Crippen molar-refractivity contribution in [1.29, 1.82) is 0 Å². The van der Waals surface area contributed by atoms with Crippen molar-refractivity contribution in [2.75, 3.05) is 14.1 Å². The van der Waals surface area contributed by atoms with Crippen molar-refractivity contribution in [3.63, 3.8) is 0 Å². The van der Waals surface area contributed by atoms with Crippen LogP contribution < -0.4 is 10.6 Å². The van der Waals surface area contributed by atoms with Crippen LogP contribution in [0.3, 0.4) is 0 Å². The Morgan fingerprint density at radius 3 is 2.00 bits per heavy atom. The predicted octanol–water partition coefficient (Wildman–Crippen LogP) is 1.12. The second kappa shape index (κ2) is 6.02. The second-order valence-corrected chi connectivity index (χ2v) is 5.92. The first-order valence-electron chi connectivity index (χ1n) is 5.09. The Hall–Kier alpha value is -1.61. The number of carbonyl (C=O) groups is 2. The molecule has 0 atom stereocenters. The van der Waals surface area contributed by atoms with Gasteiger partial charge in [0.15, 0.2) is 0 Å². The fraction of sp³-hybridized carbons (Fsp3) is 0.200. The monoisotopic (exact) mass is 349 g/mol. The molecule has 0 heterocycles. The van der Waals surface area contributed by atoms with Gasteiger partial charge in [-0.15, -0.1) is 4.31 Å². The molecule has 0 aromatic heterocycles. The van der Waals surface area contributed by atoms with Crippen LogP contribution in [-0.4, -0.2) is 38.9 Å². The van der Waals surface area contributed by atoms with Gasteiger partial charge in [0.25, 0.3) is 10.0 Å². The third-order valence-electron chi connectivity index (χ3n) is 2.15. The number of halogens is 1. The highest BCUT2D eigenvalue weighted by atomic mass is 79.9. The quantitative estimate of drug-likeness (QED) is 0.836. The maximum absolute atomic E-state index is 12.3. The Bertz CT molecular complexity index is 587. The molecule has 0 fully saturated rings. The van der Waals surface area contributed by atoms with Gasteiger partial charge in [-0.05, 0) is 28.1 Å². The molecule has 0 radical (unpaired) electrons. The van der Waals surface area contributed by atoms with E-state index in [1.54, 1.807) is 6.07 Å². The van der Waals surface area contributed by atoms with Crippen LogP contribution in [0.25, 0.3) is 0 Å². The number of urea groups is 2. The summed E-state index contributed by atoms with van der Waals surface area (Å²) < 4.78 is 25.0. The molecule has 1 rings (SSSR count). The van der Waals surface area contributed by atoms with E-state index >= 15 is 0 Å². The van der Waals surface area contributed by atoms with Gasteiger partial charge in [0, 0.05) is 18.6 Å². The number of carbonyl (C=O) groups excluding carboxylic acids is 2. The molecule has 4 amide bonds. The zero-order valence-corrected chi connectivity index (χ0v) is 12.6. The zero-order chi connectivity index (χ0) is 14.6. The van der Waals surface area contributed by atoms with Gasteiger partial charge in [-0.2, -0.15) is 0 Å². The van der Waals surface area contributed by atoms with Crippen LogP contribution in [-0.2, 0) is 10.0 Å². The minimum absolute atomic E-state index is 0.132. The molecular formula is C10H12BrN3O4S. The maximum atomic E-state index is 12.3. The van der Waals surface area contributed by atoms with Crippen LogP contribution in [0, 0.1) is 0 Å². The number of hydrogen-bond donors (Lipinski definition) is 2. The number of amides is 4. The molecule has 2 N–H and O–H groups in total. The molecule has 19 heavy (non-hydrogen) atoms. The Morgan fingerprint density at radius 1 is 1.11 bits per heavy atom. The summed E-state index contributed by atoms with van der Waals surface area (Å²) in [5, 5.41) is 4.21. The summed E-state index contributed by atoms with van der Waals surface area (Å²) in [6.45, 7) is 0. The Kier molecular flexibility index (Phi) is 4.90. The van der Waals surface area contributed by atoms with Gasteiger partial charge >= 0.3 is 12.1 Å². The molecule has 0 bridgehead atoms. The Labute approximate surface area is 119 Å². The van der Waals surface area contributed by atoms with Crippen LogP contribution in [0.2, 0.25) is 0 Å². The van der Waals surface area contributed by atoms with Crippen LogP contribution in [0.4, 0.5) is 9.59 Å². The van der Waals surface area contributed by atoms with Gasteiger partial charge in [-0.3, -0.25) is 0 Å². The molecule has 0 saturated heterocycles. The third-order valence-corrected chi connectivity index (χ3v) is 4.83. The largest absolute Gasteiger partial charge is 0.340 e. The van der Waals surface area contributed by atoms with Gasteiger partial charge in [0.1, 0.15) is 4.90 Å². The van der Waals surface area contributed by atoms with E-state index in [2.05, 4.69) is 26.6 Å². The van der Waals surface area contributed by atoms with E-state index in [9.17, 15) is 18.0 Å². The van der Waals surface area contributed by atoms with E-state index in [0.29, 0.717) is 0 Å². The summed E-state index contributed by atoms with van der Waals surface area (Å²) in [6, 6.07) is 3.80. The summed E-state index contributed by atoms with van der Waals surface area (Å²) in [6.07, 6.45) is 0. The van der Waals surface area contributed by atoms with Crippen molar-refractivity contribution in [3.8, 4) is 0 Å². The number of nitrogens with zero attached hydrogens (tertiary/aromatic N) is 1. The van der Waals surface area contributed by atoms with E-state index < -0.39 is 22.1 Å². The first-order chi connectivity index (χ1) is 8.86. The molecule has 0 aliphatic carbocycles. The van der Waals surface area contributed by atoms with Crippen molar-refractivity contribution >= 4 is 38.0 Å². The normalized spacial score (nSPS) is 10.7. The van der Waals surface area contributed by atoms with Crippen molar-refractivity contribution < 1.29 is 18.0 Å². The molecule has 0 aliphatic rings. The van der Waals surface area contributed by atoms with Crippen molar-refractivity contribution in [2.45, 2.75) is 4.90 Å². The molecular weight excluding hydrogens is 338 g/mol. The molecule has 1 aromatic carbocycles. The average Bonchev–Trinajstić information content (AvgIpc) is 2.38. The lowest BCUT2D eigenvalue weighted by Crippen LogP contribution is -2.49. The van der Waals surface area contributed by atoms with E-state index in [4.69, 9.17) is 0 Å². The summed E-state index contributed by atoms with van der Waals surface area (Å²) in [7, 11) is -1.83. The number of nitrogens with one attached hydrogen (secondary N) is 2. The minimum atomic E-state index is -4.29. The molecule has 0 saturated carbocycles. The predicted molar refractivity (Wildman–Crippen MR) is 72.1 cm³/mol. The van der Waals surface area contributed by atoms with Crippen molar-refractivity contribution in [2.24, 2.45) is 0 Å². The maximum Gasteiger partial charge on any atom is 0.339 e. The highest BCUT2D eigenvalue weighted by Gasteiger charge is 2.35. The summed E-state index contributed by atoms with van der Waals surface area (Å²) in [4.78, 5) is 23.0. The lowest BCUT2D eigenvalue weighted by Gasteiger charge is -2.20. The number of imide groups is 1. The van der Waals surface area contributed by atoms with Gasteiger partial charge < -0.3 is 10.6 Å². The summed E-state index contributed by atoms with van der Waals surface area (Å²) in [5.41, 5.74) is 0. The van der Waals surface area contributed by atoms with Crippen LogP contribution >= 0.6 is 15.9 Å². The van der Waals surface area contributed by atoms with Crippen molar-refractivity contribution in [3.05, 3.63) is 28.7 Å². The first-order valence-corrected chi connectivity index (χ1v) is 7.32. The SMILES string of the molecule is CNC(=O)N(C(=O)NC)S(=O)(=O)c1ccccc1Br. The number of benzene rings is 1. The van der Waals surface area contributed by atoms with E-state index in [-0.39, 0.29) is 13.7 Å². The molecule has 1 aromatic rings. The molecule has 7 nitrogen and oxygen atoms in total. The second-order valence-electron chi connectivity index (χ2n) is 3.31. The van der Waals surface area contributed by atoms with E-state index in [0.717, 1.165) is 0 Å². The lowest BCUT2D eigenvalue weighted by atomic mass is 10.4. The first kappa shape index (κ1) is 15.4. The zero-order valence-electron chi connectivity index (χ0n) is 10.2. The highest BCUT2D eigenvalue weighted by molar-refractivity contribution is 9.10. The van der Waals surface area contributed by atoms with E-state index in [1.807, 2.05) is 0 Å². The molecule has 0 aliphatic heterocycles. The van der Waals surface area contributed by atoms with Gasteiger partial charge in [0.2, 0.25) is 0 Å². The van der Waals surface area contributed by atoms with Crippen LogP contribution in [0.1, 0.15) is 0 Å². The lowest BCUT2D eigenvalue weighted by molar-refractivity contribution is 0.210. The average molecular weight is 350 g/mol. The summed E-state index contributed by atoms with van der Waals surface area (Å²) in [5.74, 6) is 0. The third kappa shape index (κ3) is 3.04. The van der Waals surface area contributed by atoms with Gasteiger partial charge in [0.05, 0.1) is 0 Å². The smallest absolute Gasteiger partial charge is 0.339 e. The van der Waals surface area contributed by atoms with Crippen LogP contribution in [0.5, 0.6) is 0 Å². The minimum Gasteiger partial charge on any atom is -0.340 e. The molecule has 9 heteroatoms. The van der Waals surface area contributed by atoms with Gasteiger partial charge in [-0.25, -0.2) is 18.0 Å². The van der Waals surface area contributed by atoms with E-state index in [1.165, 1.54) is 32.3 Å². The Morgan fingerprint density at radius 2 is 1.58 bits per heavy atom. The topological polar surface area (TPSA) is 95.6 Å². The number of rotatable bonds is 2. The Balaban J connectivity index is 3.41. The summed E-state index contributed by atoms with van der Waals surface area (Å²) >= 11 is 3.07. The number of sulfonamides is 1. The molecule has 104 valence electrons. The fourth-order valence-corrected chi connectivity index (χ4v) is 3.55. The molecule has 0 unspecified atom stereocenters. The fourth-order valence-electron chi connectivity index (χ4n) is 1.27.